The molecule has 2 aromatic rings. The van der Waals surface area contributed by atoms with Gasteiger partial charge in [0.05, 0.1) is 12.7 Å². The number of thiophene rings is 1. The molecule has 0 fully saturated rings. The minimum absolute atomic E-state index is 0.0546. The summed E-state index contributed by atoms with van der Waals surface area (Å²) in [5.74, 6) is -0.733. The van der Waals surface area contributed by atoms with E-state index in [9.17, 15) is 14.0 Å². The maximum atomic E-state index is 12.6. The fourth-order valence-corrected chi connectivity index (χ4v) is 2.69. The summed E-state index contributed by atoms with van der Waals surface area (Å²) in [6.45, 7) is -0.684. The summed E-state index contributed by atoms with van der Waals surface area (Å²) in [4.78, 5) is 24.3. The first kappa shape index (κ1) is 15.7. The Kier molecular flexibility index (Phi) is 5.47. The van der Waals surface area contributed by atoms with Crippen LogP contribution in [0, 0.1) is 0 Å². The van der Waals surface area contributed by atoms with Crippen LogP contribution in [-0.4, -0.2) is 24.4 Å². The molecule has 1 N–H and O–H groups in total. The Morgan fingerprint density at radius 2 is 2.10 bits per heavy atom. The van der Waals surface area contributed by atoms with Gasteiger partial charge in [0.15, 0.2) is 5.78 Å². The number of hydrogen-bond donors (Lipinski definition) is 1. The SMILES string of the molecule is O=C(NC(CCF)C(=O)c1ccsc1)c1cccc(Cl)c1. The highest BCUT2D eigenvalue weighted by atomic mass is 35.5. The average Bonchev–Trinajstić information content (AvgIpc) is 3.00. The highest BCUT2D eigenvalue weighted by molar-refractivity contribution is 7.08. The number of benzene rings is 1. The third kappa shape index (κ3) is 4.12. The van der Waals surface area contributed by atoms with Gasteiger partial charge in [0.1, 0.15) is 0 Å². The maximum Gasteiger partial charge on any atom is 0.251 e. The van der Waals surface area contributed by atoms with Gasteiger partial charge in [-0.05, 0) is 29.6 Å². The molecule has 110 valence electrons. The number of halogens is 2. The van der Waals surface area contributed by atoms with Crippen LogP contribution in [0.1, 0.15) is 27.1 Å². The Hall–Kier alpha value is -1.72. The van der Waals surface area contributed by atoms with E-state index in [-0.39, 0.29) is 12.2 Å². The molecule has 0 aliphatic carbocycles. The van der Waals surface area contributed by atoms with E-state index in [1.807, 2.05) is 0 Å². The summed E-state index contributed by atoms with van der Waals surface area (Å²) in [6.07, 6.45) is -0.0546. The van der Waals surface area contributed by atoms with Gasteiger partial charge in [0.2, 0.25) is 0 Å². The number of hydrogen-bond acceptors (Lipinski definition) is 3. The van der Waals surface area contributed by atoms with Crippen LogP contribution in [0.5, 0.6) is 0 Å². The van der Waals surface area contributed by atoms with E-state index >= 15 is 0 Å². The second-order valence-electron chi connectivity index (χ2n) is 4.39. The summed E-state index contributed by atoms with van der Waals surface area (Å²) < 4.78 is 12.6. The third-order valence-electron chi connectivity index (χ3n) is 2.91. The van der Waals surface area contributed by atoms with Crippen molar-refractivity contribution in [1.82, 2.24) is 5.32 Å². The zero-order valence-corrected chi connectivity index (χ0v) is 12.6. The summed E-state index contributed by atoms with van der Waals surface area (Å²) in [5.41, 5.74) is 0.814. The van der Waals surface area contributed by atoms with E-state index in [2.05, 4.69) is 5.32 Å². The fraction of sp³-hybridized carbons (Fsp3) is 0.200. The lowest BCUT2D eigenvalue weighted by Gasteiger charge is -2.16. The molecule has 0 saturated carbocycles. The summed E-state index contributed by atoms with van der Waals surface area (Å²) in [5, 5.41) is 6.43. The standard InChI is InChI=1S/C15H13ClFNO2S/c16-12-3-1-2-10(8-12)15(20)18-13(4-6-17)14(19)11-5-7-21-9-11/h1-3,5,7-9,13H,4,6H2,(H,18,20). The molecule has 1 unspecified atom stereocenters. The molecule has 0 bridgehead atoms. The minimum Gasteiger partial charge on any atom is -0.342 e. The normalized spacial score (nSPS) is 11.9. The Labute approximate surface area is 130 Å². The quantitative estimate of drug-likeness (QED) is 0.822. The molecular weight excluding hydrogens is 313 g/mol. The van der Waals surface area contributed by atoms with Crippen molar-refractivity contribution in [2.24, 2.45) is 0 Å². The van der Waals surface area contributed by atoms with Crippen LogP contribution < -0.4 is 5.32 Å². The lowest BCUT2D eigenvalue weighted by atomic mass is 10.0. The topological polar surface area (TPSA) is 46.2 Å². The van der Waals surface area contributed by atoms with Gasteiger partial charge >= 0.3 is 0 Å². The number of rotatable bonds is 6. The van der Waals surface area contributed by atoms with Gasteiger partial charge in [-0.3, -0.25) is 14.0 Å². The number of carbonyl (C=O) groups excluding carboxylic acids is 2. The van der Waals surface area contributed by atoms with Crippen LogP contribution in [-0.2, 0) is 0 Å². The highest BCUT2D eigenvalue weighted by Crippen LogP contribution is 2.13. The second kappa shape index (κ2) is 7.33. The van der Waals surface area contributed by atoms with Gasteiger partial charge in [-0.1, -0.05) is 17.7 Å². The predicted octanol–water partition coefficient (Wildman–Crippen LogP) is 3.74. The van der Waals surface area contributed by atoms with Crippen LogP contribution in [0.4, 0.5) is 4.39 Å². The number of amides is 1. The number of ketones is 1. The monoisotopic (exact) mass is 325 g/mol. The lowest BCUT2D eigenvalue weighted by molar-refractivity contribution is 0.0848. The third-order valence-corrected chi connectivity index (χ3v) is 3.83. The Morgan fingerprint density at radius 3 is 2.71 bits per heavy atom. The predicted molar refractivity (Wildman–Crippen MR) is 81.9 cm³/mol. The summed E-state index contributed by atoms with van der Waals surface area (Å²) >= 11 is 7.20. The summed E-state index contributed by atoms with van der Waals surface area (Å²) in [7, 11) is 0. The minimum atomic E-state index is -0.879. The number of Topliss-reactive ketones (excluding diaryl/α,β-unsaturated/α-hetero) is 1. The average molecular weight is 326 g/mol. The lowest BCUT2D eigenvalue weighted by Crippen LogP contribution is -2.41. The van der Waals surface area contributed by atoms with Crippen LogP contribution in [0.25, 0.3) is 0 Å². The molecule has 21 heavy (non-hydrogen) atoms. The zero-order valence-electron chi connectivity index (χ0n) is 11.0. The van der Waals surface area contributed by atoms with E-state index in [0.29, 0.717) is 16.1 Å². The Balaban J connectivity index is 2.12. The molecule has 0 aliphatic rings. The fourth-order valence-electron chi connectivity index (χ4n) is 1.86. The van der Waals surface area contributed by atoms with E-state index < -0.39 is 18.6 Å². The first-order valence-electron chi connectivity index (χ1n) is 6.30. The molecule has 0 aliphatic heterocycles. The van der Waals surface area contributed by atoms with Crippen molar-refractivity contribution < 1.29 is 14.0 Å². The van der Waals surface area contributed by atoms with Gasteiger partial charge < -0.3 is 5.32 Å². The molecule has 1 heterocycles. The molecule has 0 radical (unpaired) electrons. The Morgan fingerprint density at radius 1 is 1.29 bits per heavy atom. The van der Waals surface area contributed by atoms with Crippen molar-refractivity contribution in [1.29, 1.82) is 0 Å². The molecule has 0 spiro atoms. The van der Waals surface area contributed by atoms with Gasteiger partial charge in [0.25, 0.3) is 5.91 Å². The molecule has 6 heteroatoms. The second-order valence-corrected chi connectivity index (χ2v) is 5.61. The first-order chi connectivity index (χ1) is 10.1. The van der Waals surface area contributed by atoms with E-state index in [1.165, 1.54) is 17.4 Å². The molecule has 1 aromatic carbocycles. The van der Waals surface area contributed by atoms with Crippen molar-refractivity contribution in [2.45, 2.75) is 12.5 Å². The van der Waals surface area contributed by atoms with E-state index in [0.717, 1.165) is 0 Å². The molecule has 1 aromatic heterocycles. The molecule has 3 nitrogen and oxygen atoms in total. The number of nitrogens with one attached hydrogen (secondary N) is 1. The smallest absolute Gasteiger partial charge is 0.251 e. The molecular formula is C15H13ClFNO2S. The van der Waals surface area contributed by atoms with Crippen LogP contribution in [0.3, 0.4) is 0 Å². The molecule has 0 saturated heterocycles. The van der Waals surface area contributed by atoms with Crippen LogP contribution >= 0.6 is 22.9 Å². The van der Waals surface area contributed by atoms with Gasteiger partial charge in [-0.2, -0.15) is 11.3 Å². The highest BCUT2D eigenvalue weighted by Gasteiger charge is 2.22. The van der Waals surface area contributed by atoms with Crippen LogP contribution in [0.2, 0.25) is 5.02 Å². The van der Waals surface area contributed by atoms with Crippen molar-refractivity contribution in [2.75, 3.05) is 6.67 Å². The Bertz CT molecular complexity index is 630. The van der Waals surface area contributed by atoms with E-state index in [4.69, 9.17) is 11.6 Å². The van der Waals surface area contributed by atoms with Crippen LogP contribution in [0.15, 0.2) is 41.1 Å². The zero-order chi connectivity index (χ0) is 15.2. The van der Waals surface area contributed by atoms with Crippen molar-refractivity contribution in [3.63, 3.8) is 0 Å². The maximum absolute atomic E-state index is 12.6. The largest absolute Gasteiger partial charge is 0.342 e. The van der Waals surface area contributed by atoms with Gasteiger partial charge in [-0.25, -0.2) is 0 Å². The molecule has 1 amide bonds. The van der Waals surface area contributed by atoms with Gasteiger partial charge in [0, 0.05) is 28.0 Å². The van der Waals surface area contributed by atoms with Gasteiger partial charge in [-0.15, -0.1) is 0 Å². The van der Waals surface area contributed by atoms with Crippen molar-refractivity contribution in [3.05, 3.63) is 57.2 Å². The molecule has 1 atom stereocenters. The van der Waals surface area contributed by atoms with E-state index in [1.54, 1.807) is 35.0 Å². The van der Waals surface area contributed by atoms with Crippen molar-refractivity contribution in [3.8, 4) is 0 Å². The number of alkyl halides is 1. The number of carbonyl (C=O) groups is 2. The summed E-state index contributed by atoms with van der Waals surface area (Å²) in [6, 6.07) is 7.15. The molecule has 2 rings (SSSR count). The van der Waals surface area contributed by atoms with Crippen molar-refractivity contribution >= 4 is 34.6 Å². The first-order valence-corrected chi connectivity index (χ1v) is 7.62.